The molecule has 0 bridgehead atoms. The van der Waals surface area contributed by atoms with Crippen LogP contribution in [-0.4, -0.2) is 60.9 Å². The monoisotopic (exact) mass is 310 g/mol. The van der Waals surface area contributed by atoms with Crippen LogP contribution in [0.2, 0.25) is 0 Å². The maximum Gasteiger partial charge on any atom is 0.126 e. The lowest BCUT2D eigenvalue weighted by atomic mass is 9.89. The smallest absolute Gasteiger partial charge is 0.126 e. The van der Waals surface area contributed by atoms with E-state index in [4.69, 9.17) is 14.9 Å². The van der Waals surface area contributed by atoms with Crippen molar-refractivity contribution in [1.29, 1.82) is 0 Å². The summed E-state index contributed by atoms with van der Waals surface area (Å²) in [6.45, 7) is 1.94. The number of ether oxygens (including phenoxy) is 1. The minimum absolute atomic E-state index is 0.0545. The Morgan fingerprint density at radius 1 is 1.18 bits per heavy atom. The number of aliphatic hydroxyl groups excluding tert-OH is 3. The highest BCUT2D eigenvalue weighted by atomic mass is 16.5. The van der Waals surface area contributed by atoms with Gasteiger partial charge in [0.2, 0.25) is 0 Å². The van der Waals surface area contributed by atoms with Crippen LogP contribution in [0.4, 0.5) is 0 Å². The van der Waals surface area contributed by atoms with Crippen molar-refractivity contribution >= 4 is 0 Å². The normalized spacial score (nSPS) is 19.2. The second-order valence-electron chi connectivity index (χ2n) is 5.97. The number of aryl methyl sites for hydroxylation is 1. The number of quaternary nitrogens is 1. The number of fused-ring (bicyclic) bond motifs is 1. The van der Waals surface area contributed by atoms with Crippen molar-refractivity contribution in [2.45, 2.75) is 31.5 Å². The van der Waals surface area contributed by atoms with Gasteiger partial charge in [0, 0.05) is 0 Å². The van der Waals surface area contributed by atoms with Gasteiger partial charge < -0.3 is 25.0 Å². The molecule has 0 fully saturated rings. The quantitative estimate of drug-likeness (QED) is 0.487. The van der Waals surface area contributed by atoms with E-state index in [2.05, 4.69) is 18.2 Å². The highest BCUT2D eigenvalue weighted by molar-refractivity contribution is 5.31. The molecule has 2 rings (SSSR count). The van der Waals surface area contributed by atoms with Crippen LogP contribution in [0.1, 0.15) is 30.1 Å². The largest absolute Gasteiger partial charge is 0.391 e. The number of hydrogen-bond acceptors (Lipinski definition) is 4. The van der Waals surface area contributed by atoms with Crippen molar-refractivity contribution in [3.8, 4) is 0 Å². The van der Waals surface area contributed by atoms with Crippen molar-refractivity contribution in [1.82, 2.24) is 0 Å². The molecular weight excluding hydrogens is 282 g/mol. The average Bonchev–Trinajstić information content (AvgIpc) is 2.53. The molecule has 2 atom stereocenters. The van der Waals surface area contributed by atoms with Gasteiger partial charge in [-0.1, -0.05) is 24.3 Å². The molecule has 1 aromatic rings. The molecule has 1 aliphatic carbocycles. The minimum Gasteiger partial charge on any atom is -0.391 e. The first kappa shape index (κ1) is 17.4. The van der Waals surface area contributed by atoms with Crippen LogP contribution >= 0.6 is 0 Å². The molecule has 0 amide bonds. The number of benzene rings is 1. The molecule has 22 heavy (non-hydrogen) atoms. The van der Waals surface area contributed by atoms with Gasteiger partial charge in [0.05, 0.1) is 25.9 Å². The van der Waals surface area contributed by atoms with Crippen molar-refractivity contribution < 1.29 is 25.0 Å². The predicted octanol–water partition coefficient (Wildman–Crippen LogP) is -0.689. The van der Waals surface area contributed by atoms with Crippen LogP contribution in [0.15, 0.2) is 24.3 Å². The molecule has 1 aliphatic rings. The van der Waals surface area contributed by atoms with E-state index in [1.54, 1.807) is 0 Å². The van der Waals surface area contributed by atoms with Gasteiger partial charge in [-0.15, -0.1) is 0 Å². The summed E-state index contributed by atoms with van der Waals surface area (Å²) in [4.78, 5) is 0.991. The molecule has 0 radical (unpaired) electrons. The van der Waals surface area contributed by atoms with Gasteiger partial charge in [-0.05, 0) is 30.4 Å². The summed E-state index contributed by atoms with van der Waals surface area (Å²) >= 11 is 0. The van der Waals surface area contributed by atoms with Gasteiger partial charge in [0.25, 0.3) is 0 Å². The van der Waals surface area contributed by atoms with Gasteiger partial charge in [0.15, 0.2) is 0 Å². The second kappa shape index (κ2) is 9.22. The summed E-state index contributed by atoms with van der Waals surface area (Å²) in [5, 5.41) is 28.2. The Balaban J connectivity index is 1.82. The van der Waals surface area contributed by atoms with E-state index in [1.165, 1.54) is 11.1 Å². The molecule has 5 nitrogen and oxygen atoms in total. The maximum absolute atomic E-state index is 10.1. The number of rotatable bonds is 9. The molecule has 0 saturated carbocycles. The highest BCUT2D eigenvalue weighted by Gasteiger charge is 2.22. The highest BCUT2D eigenvalue weighted by Crippen LogP contribution is 2.32. The van der Waals surface area contributed by atoms with E-state index in [0.717, 1.165) is 24.2 Å². The molecule has 0 saturated heterocycles. The molecular formula is C17H28NO4+. The summed E-state index contributed by atoms with van der Waals surface area (Å²) in [7, 11) is 0. The minimum atomic E-state index is -0.581. The van der Waals surface area contributed by atoms with Gasteiger partial charge in [-0.25, -0.2) is 0 Å². The zero-order valence-electron chi connectivity index (χ0n) is 13.1. The van der Waals surface area contributed by atoms with Crippen LogP contribution in [0, 0.1) is 0 Å². The predicted molar refractivity (Wildman–Crippen MR) is 83.8 cm³/mol. The molecule has 0 aromatic heterocycles. The first-order valence-electron chi connectivity index (χ1n) is 8.17. The molecule has 0 unspecified atom stereocenters. The molecule has 0 heterocycles. The lowest BCUT2D eigenvalue weighted by Crippen LogP contribution is -3.14. The first-order chi connectivity index (χ1) is 10.7. The Morgan fingerprint density at radius 2 is 1.91 bits per heavy atom. The molecule has 0 aliphatic heterocycles. The fraction of sp³-hybridized carbons (Fsp3) is 0.647. The van der Waals surface area contributed by atoms with Crippen molar-refractivity contribution in [3.63, 3.8) is 0 Å². The van der Waals surface area contributed by atoms with Crippen LogP contribution < -0.4 is 4.90 Å². The zero-order chi connectivity index (χ0) is 15.8. The van der Waals surface area contributed by atoms with E-state index >= 15 is 0 Å². The molecule has 0 spiro atoms. The van der Waals surface area contributed by atoms with E-state index in [1.807, 2.05) is 6.07 Å². The second-order valence-corrected chi connectivity index (χ2v) is 5.97. The SMILES string of the molecule is OCC[NH+](CCO)C[C@@H](O)CO[C@H]1CCCc2ccccc21. The molecule has 1 aromatic carbocycles. The van der Waals surface area contributed by atoms with Crippen molar-refractivity contribution in [2.24, 2.45) is 0 Å². The van der Waals surface area contributed by atoms with Crippen LogP contribution in [0.25, 0.3) is 0 Å². The van der Waals surface area contributed by atoms with Crippen LogP contribution in [0.3, 0.4) is 0 Å². The number of aliphatic hydroxyl groups is 3. The molecule has 5 heteroatoms. The van der Waals surface area contributed by atoms with Gasteiger partial charge in [0.1, 0.15) is 25.7 Å². The van der Waals surface area contributed by atoms with Crippen LogP contribution in [-0.2, 0) is 11.2 Å². The lowest BCUT2D eigenvalue weighted by molar-refractivity contribution is -0.904. The Labute approximate surface area is 132 Å². The van der Waals surface area contributed by atoms with Gasteiger partial charge >= 0.3 is 0 Å². The number of hydrogen-bond donors (Lipinski definition) is 4. The summed E-state index contributed by atoms with van der Waals surface area (Å²) in [6.07, 6.45) is 2.70. The third kappa shape index (κ3) is 5.04. The Morgan fingerprint density at radius 3 is 2.64 bits per heavy atom. The Hall–Kier alpha value is -0.980. The maximum atomic E-state index is 10.1. The van der Waals surface area contributed by atoms with E-state index in [-0.39, 0.29) is 19.3 Å². The van der Waals surface area contributed by atoms with E-state index < -0.39 is 6.10 Å². The third-order valence-corrected chi connectivity index (χ3v) is 4.26. The number of nitrogens with one attached hydrogen (secondary N) is 1. The summed E-state index contributed by atoms with van der Waals surface area (Å²) in [5.74, 6) is 0. The summed E-state index contributed by atoms with van der Waals surface area (Å²) < 4.78 is 5.94. The van der Waals surface area contributed by atoms with Crippen molar-refractivity contribution in [2.75, 3.05) is 39.5 Å². The van der Waals surface area contributed by atoms with Crippen molar-refractivity contribution in [3.05, 3.63) is 35.4 Å². The van der Waals surface area contributed by atoms with Gasteiger partial charge in [-0.2, -0.15) is 0 Å². The average molecular weight is 310 g/mol. The zero-order valence-corrected chi connectivity index (χ0v) is 13.1. The summed E-state index contributed by atoms with van der Waals surface area (Å²) in [6, 6.07) is 8.35. The Bertz CT molecular complexity index is 434. The molecule has 4 N–H and O–H groups in total. The fourth-order valence-corrected chi connectivity index (χ4v) is 3.15. The summed E-state index contributed by atoms with van der Waals surface area (Å²) in [5.41, 5.74) is 2.59. The first-order valence-corrected chi connectivity index (χ1v) is 8.17. The Kier molecular flexibility index (Phi) is 7.29. The van der Waals surface area contributed by atoms with Gasteiger partial charge in [-0.3, -0.25) is 0 Å². The fourth-order valence-electron chi connectivity index (χ4n) is 3.15. The lowest BCUT2D eigenvalue weighted by Gasteiger charge is -2.27. The third-order valence-electron chi connectivity index (χ3n) is 4.26. The van der Waals surface area contributed by atoms with E-state index in [9.17, 15) is 5.11 Å². The molecule has 124 valence electrons. The van der Waals surface area contributed by atoms with E-state index in [0.29, 0.717) is 26.2 Å². The van der Waals surface area contributed by atoms with Crippen LogP contribution in [0.5, 0.6) is 0 Å². The standard InChI is InChI=1S/C17H27NO4/c19-10-8-18(9-11-20)12-15(21)13-22-17-7-3-5-14-4-1-2-6-16(14)17/h1-2,4,6,15,17,19-21H,3,5,7-13H2/p+1/t15-,17+/m1/s1. The topological polar surface area (TPSA) is 74.4 Å².